The number of fused-ring (bicyclic) bond motifs is 1. The van der Waals surface area contributed by atoms with E-state index in [0.29, 0.717) is 6.54 Å². The van der Waals surface area contributed by atoms with Crippen LogP contribution in [0.15, 0.2) is 52.9 Å². The molecule has 2 aromatic heterocycles. The molecule has 0 bridgehead atoms. The third kappa shape index (κ3) is 3.98. The molecule has 1 amide bonds. The molecule has 160 valence electrons. The van der Waals surface area contributed by atoms with E-state index in [-0.39, 0.29) is 18.1 Å². The summed E-state index contributed by atoms with van der Waals surface area (Å²) in [5.41, 5.74) is 5.26. The summed E-state index contributed by atoms with van der Waals surface area (Å²) in [7, 11) is 1.82. The van der Waals surface area contributed by atoms with Gasteiger partial charge in [0, 0.05) is 42.2 Å². The fourth-order valence-corrected chi connectivity index (χ4v) is 3.98. The van der Waals surface area contributed by atoms with E-state index >= 15 is 0 Å². The number of furan rings is 1. The van der Waals surface area contributed by atoms with Crippen molar-refractivity contribution in [1.29, 1.82) is 0 Å². The van der Waals surface area contributed by atoms with Gasteiger partial charge in [-0.25, -0.2) is 9.07 Å². The van der Waals surface area contributed by atoms with Crippen LogP contribution in [0, 0.1) is 19.7 Å². The maximum absolute atomic E-state index is 13.3. The van der Waals surface area contributed by atoms with Gasteiger partial charge in [0.25, 0.3) is 0 Å². The lowest BCUT2D eigenvalue weighted by atomic mass is 10.1. The molecule has 0 spiro atoms. The molecular formula is C25H26FN3O2. The zero-order chi connectivity index (χ0) is 22.1. The van der Waals surface area contributed by atoms with Gasteiger partial charge in [-0.15, -0.1) is 0 Å². The normalized spacial score (nSPS) is 11.3. The highest BCUT2D eigenvalue weighted by atomic mass is 19.1. The number of hydrogen-bond donors (Lipinski definition) is 0. The maximum Gasteiger partial charge on any atom is 0.227 e. The highest BCUT2D eigenvalue weighted by Crippen LogP contribution is 2.28. The zero-order valence-electron chi connectivity index (χ0n) is 18.3. The van der Waals surface area contributed by atoms with Gasteiger partial charge in [0.05, 0.1) is 17.8 Å². The number of hydrogen-bond acceptors (Lipinski definition) is 3. The Morgan fingerprint density at radius 1 is 1.10 bits per heavy atom. The standard InChI is InChI=1S/C25H26FN3O2/c1-5-23-22(20-8-6-7-9-24(20)31-23)15-28(4)25(30)14-21-16(2)27-29(17(21)3)19-12-10-18(26)11-13-19/h6-13H,5,14-15H2,1-4H3. The number of rotatable bonds is 6. The van der Waals surface area contributed by atoms with Crippen molar-refractivity contribution in [2.75, 3.05) is 7.05 Å². The van der Waals surface area contributed by atoms with Crippen LogP contribution in [-0.4, -0.2) is 27.6 Å². The summed E-state index contributed by atoms with van der Waals surface area (Å²) in [6.45, 7) is 6.38. The Hall–Kier alpha value is -3.41. The van der Waals surface area contributed by atoms with E-state index in [0.717, 1.165) is 51.4 Å². The fraction of sp³-hybridized carbons (Fsp3) is 0.280. The van der Waals surface area contributed by atoms with Gasteiger partial charge >= 0.3 is 0 Å². The predicted octanol–water partition coefficient (Wildman–Crippen LogP) is 5.14. The topological polar surface area (TPSA) is 51.3 Å². The fourth-order valence-electron chi connectivity index (χ4n) is 3.98. The third-order valence-corrected chi connectivity index (χ3v) is 5.76. The summed E-state index contributed by atoms with van der Waals surface area (Å²) >= 11 is 0. The Morgan fingerprint density at radius 2 is 1.81 bits per heavy atom. The lowest BCUT2D eigenvalue weighted by Gasteiger charge is -2.18. The van der Waals surface area contributed by atoms with Gasteiger partial charge in [-0.3, -0.25) is 4.79 Å². The summed E-state index contributed by atoms with van der Waals surface area (Å²) in [6.07, 6.45) is 1.03. The summed E-state index contributed by atoms with van der Waals surface area (Å²) in [5, 5.41) is 5.63. The maximum atomic E-state index is 13.3. The van der Waals surface area contributed by atoms with Gasteiger partial charge < -0.3 is 9.32 Å². The minimum atomic E-state index is -0.291. The number of carbonyl (C=O) groups is 1. The van der Waals surface area contributed by atoms with E-state index in [4.69, 9.17) is 4.42 Å². The quantitative estimate of drug-likeness (QED) is 0.435. The van der Waals surface area contributed by atoms with E-state index in [2.05, 4.69) is 12.0 Å². The van der Waals surface area contributed by atoms with Crippen molar-refractivity contribution in [3.8, 4) is 5.69 Å². The number of aromatic nitrogens is 2. The summed E-state index contributed by atoms with van der Waals surface area (Å²) < 4.78 is 21.0. The molecule has 0 saturated carbocycles. The molecule has 0 atom stereocenters. The molecule has 6 heteroatoms. The molecule has 4 rings (SSSR count). The minimum absolute atomic E-state index is 0.0113. The van der Waals surface area contributed by atoms with Gasteiger partial charge in [0.1, 0.15) is 17.2 Å². The van der Waals surface area contributed by atoms with Crippen molar-refractivity contribution in [3.63, 3.8) is 0 Å². The van der Waals surface area contributed by atoms with Gasteiger partial charge in [0.2, 0.25) is 5.91 Å². The number of likely N-dealkylation sites (N-methyl/N-ethyl adjacent to an activating group) is 1. The Bertz CT molecular complexity index is 1240. The van der Waals surface area contributed by atoms with Crippen LogP contribution in [0.25, 0.3) is 16.7 Å². The first kappa shape index (κ1) is 20.8. The number of benzene rings is 2. The highest BCUT2D eigenvalue weighted by molar-refractivity contribution is 5.84. The van der Waals surface area contributed by atoms with Crippen molar-refractivity contribution in [1.82, 2.24) is 14.7 Å². The number of para-hydroxylation sites is 1. The summed E-state index contributed by atoms with van der Waals surface area (Å²) in [6, 6.07) is 14.1. The monoisotopic (exact) mass is 419 g/mol. The van der Waals surface area contributed by atoms with E-state index < -0.39 is 0 Å². The zero-order valence-corrected chi connectivity index (χ0v) is 18.3. The Kier molecular flexibility index (Phi) is 5.63. The number of amides is 1. The van der Waals surface area contributed by atoms with Gasteiger partial charge in [0.15, 0.2) is 0 Å². The second-order valence-electron chi connectivity index (χ2n) is 7.82. The van der Waals surface area contributed by atoms with Crippen LogP contribution in [0.5, 0.6) is 0 Å². The SMILES string of the molecule is CCc1oc2ccccc2c1CN(C)C(=O)Cc1c(C)nn(-c2ccc(F)cc2)c1C. The summed E-state index contributed by atoms with van der Waals surface area (Å²) in [5.74, 6) is 0.634. The predicted molar refractivity (Wildman–Crippen MR) is 119 cm³/mol. The van der Waals surface area contributed by atoms with Crippen LogP contribution in [0.4, 0.5) is 4.39 Å². The van der Waals surface area contributed by atoms with Gasteiger partial charge in [-0.1, -0.05) is 25.1 Å². The van der Waals surface area contributed by atoms with Crippen molar-refractivity contribution >= 4 is 16.9 Å². The van der Waals surface area contributed by atoms with Crippen LogP contribution in [0.1, 0.15) is 35.2 Å². The Balaban J connectivity index is 1.56. The summed E-state index contributed by atoms with van der Waals surface area (Å²) in [4.78, 5) is 14.8. The molecular weight excluding hydrogens is 393 g/mol. The Labute approximate surface area is 181 Å². The van der Waals surface area contributed by atoms with Gasteiger partial charge in [-0.05, 0) is 44.2 Å². The molecule has 5 nitrogen and oxygen atoms in total. The second-order valence-corrected chi connectivity index (χ2v) is 7.82. The highest BCUT2D eigenvalue weighted by Gasteiger charge is 2.21. The average molecular weight is 420 g/mol. The van der Waals surface area contributed by atoms with E-state index in [1.807, 2.05) is 45.2 Å². The minimum Gasteiger partial charge on any atom is -0.461 e. The van der Waals surface area contributed by atoms with Crippen LogP contribution >= 0.6 is 0 Å². The first-order valence-electron chi connectivity index (χ1n) is 10.4. The van der Waals surface area contributed by atoms with Crippen molar-refractivity contribution in [3.05, 3.63) is 82.6 Å². The average Bonchev–Trinajstić information content (AvgIpc) is 3.26. The van der Waals surface area contributed by atoms with E-state index in [1.165, 1.54) is 12.1 Å². The lowest BCUT2D eigenvalue weighted by Crippen LogP contribution is -2.28. The molecule has 0 aliphatic carbocycles. The molecule has 2 heterocycles. The molecule has 0 fully saturated rings. The molecule has 2 aromatic carbocycles. The first-order chi connectivity index (χ1) is 14.9. The lowest BCUT2D eigenvalue weighted by molar-refractivity contribution is -0.129. The van der Waals surface area contributed by atoms with Crippen LogP contribution in [0.3, 0.4) is 0 Å². The van der Waals surface area contributed by atoms with Crippen LogP contribution in [-0.2, 0) is 24.2 Å². The van der Waals surface area contributed by atoms with Crippen molar-refractivity contribution in [2.45, 2.75) is 40.2 Å². The molecule has 0 unspecified atom stereocenters. The number of aryl methyl sites for hydroxylation is 2. The second kappa shape index (κ2) is 8.38. The van der Waals surface area contributed by atoms with E-state index in [9.17, 15) is 9.18 Å². The van der Waals surface area contributed by atoms with Crippen LogP contribution < -0.4 is 0 Å². The third-order valence-electron chi connectivity index (χ3n) is 5.76. The van der Waals surface area contributed by atoms with Crippen molar-refractivity contribution in [2.24, 2.45) is 0 Å². The molecule has 0 radical (unpaired) electrons. The van der Waals surface area contributed by atoms with Gasteiger partial charge in [-0.2, -0.15) is 5.10 Å². The molecule has 0 saturated heterocycles. The first-order valence-corrected chi connectivity index (χ1v) is 10.4. The molecule has 0 N–H and O–H groups in total. The van der Waals surface area contributed by atoms with Crippen molar-refractivity contribution < 1.29 is 13.6 Å². The van der Waals surface area contributed by atoms with E-state index in [1.54, 1.807) is 21.7 Å². The molecule has 31 heavy (non-hydrogen) atoms. The number of nitrogens with zero attached hydrogens (tertiary/aromatic N) is 3. The smallest absolute Gasteiger partial charge is 0.227 e. The molecule has 0 aliphatic rings. The molecule has 4 aromatic rings. The largest absolute Gasteiger partial charge is 0.461 e. The molecule has 0 aliphatic heterocycles. The van der Waals surface area contributed by atoms with Crippen LogP contribution in [0.2, 0.25) is 0 Å². The number of halogens is 1. The Morgan fingerprint density at radius 3 is 2.52 bits per heavy atom. The number of carbonyl (C=O) groups excluding carboxylic acids is 1.